The third kappa shape index (κ3) is 3.47. The van der Waals surface area contributed by atoms with E-state index in [1.165, 1.54) is 18.5 Å². The lowest BCUT2D eigenvalue weighted by atomic mass is 10.0. The summed E-state index contributed by atoms with van der Waals surface area (Å²) >= 11 is 3.69. The molecule has 1 aromatic rings. The fourth-order valence-electron chi connectivity index (χ4n) is 2.91. The van der Waals surface area contributed by atoms with E-state index >= 15 is 0 Å². The van der Waals surface area contributed by atoms with Crippen molar-refractivity contribution in [2.75, 3.05) is 25.1 Å². The molecule has 20 heavy (non-hydrogen) atoms. The summed E-state index contributed by atoms with van der Waals surface area (Å²) in [6, 6.07) is 7.35. The zero-order valence-electron chi connectivity index (χ0n) is 12.7. The quantitative estimate of drug-likeness (QED) is 0.881. The first-order valence-electron chi connectivity index (χ1n) is 7.53. The summed E-state index contributed by atoms with van der Waals surface area (Å²) in [6.07, 6.45) is 3.60. The minimum Gasteiger partial charge on any atom is -0.497 e. The van der Waals surface area contributed by atoms with Crippen molar-refractivity contribution >= 4 is 21.6 Å². The number of rotatable bonds is 5. The van der Waals surface area contributed by atoms with E-state index in [0.717, 1.165) is 29.7 Å². The number of hydrogen-bond acceptors (Lipinski definition) is 3. The molecule has 0 aromatic heterocycles. The van der Waals surface area contributed by atoms with Crippen LogP contribution in [-0.4, -0.2) is 32.3 Å². The molecule has 0 spiro atoms. The maximum Gasteiger partial charge on any atom is 0.121 e. The molecule has 0 amide bonds. The number of hydrogen-bond donors (Lipinski definition) is 1. The summed E-state index contributed by atoms with van der Waals surface area (Å²) in [5.41, 5.74) is 1.25. The number of benzene rings is 1. The number of piperazine rings is 1. The van der Waals surface area contributed by atoms with Crippen LogP contribution in [0, 0.1) is 0 Å². The van der Waals surface area contributed by atoms with Gasteiger partial charge in [-0.05, 0) is 40.9 Å². The van der Waals surface area contributed by atoms with Gasteiger partial charge in [-0.3, -0.25) is 0 Å². The van der Waals surface area contributed by atoms with Crippen LogP contribution >= 0.6 is 15.9 Å². The van der Waals surface area contributed by atoms with E-state index in [4.69, 9.17) is 4.74 Å². The molecule has 1 aromatic carbocycles. The van der Waals surface area contributed by atoms with Gasteiger partial charge in [-0.15, -0.1) is 0 Å². The summed E-state index contributed by atoms with van der Waals surface area (Å²) in [6.45, 7) is 6.63. The third-order valence-corrected chi connectivity index (χ3v) is 4.74. The first-order chi connectivity index (χ1) is 9.69. The summed E-state index contributed by atoms with van der Waals surface area (Å²) in [5.74, 6) is 0.920. The largest absolute Gasteiger partial charge is 0.497 e. The van der Waals surface area contributed by atoms with Gasteiger partial charge in [0.2, 0.25) is 0 Å². The highest BCUT2D eigenvalue weighted by Gasteiger charge is 2.27. The van der Waals surface area contributed by atoms with Crippen LogP contribution in [-0.2, 0) is 0 Å². The standard InChI is InChI=1S/C16H25BrN2O/c1-4-6-12-11-19(13(5-2)10-18-12)16-9-14(20-3)7-8-15(16)17/h7-9,12-13,18H,4-6,10-11H2,1-3H3. The molecule has 0 bridgehead atoms. The van der Waals surface area contributed by atoms with Crippen LogP contribution in [0.4, 0.5) is 5.69 Å². The second-order valence-electron chi connectivity index (χ2n) is 5.43. The molecule has 1 heterocycles. The molecule has 112 valence electrons. The summed E-state index contributed by atoms with van der Waals surface area (Å²) in [4.78, 5) is 2.53. The van der Waals surface area contributed by atoms with Crippen LogP contribution in [0.25, 0.3) is 0 Å². The Kier molecular flexibility index (Phi) is 5.73. The molecule has 0 radical (unpaired) electrons. The van der Waals surface area contributed by atoms with Gasteiger partial charge in [0, 0.05) is 35.7 Å². The SMILES string of the molecule is CCCC1CN(c2cc(OC)ccc2Br)C(CC)CN1. The van der Waals surface area contributed by atoms with E-state index in [1.54, 1.807) is 7.11 Å². The highest BCUT2D eigenvalue weighted by Crippen LogP contribution is 2.33. The maximum atomic E-state index is 5.38. The Labute approximate surface area is 130 Å². The zero-order valence-corrected chi connectivity index (χ0v) is 14.2. The van der Waals surface area contributed by atoms with Gasteiger partial charge < -0.3 is 15.0 Å². The average Bonchev–Trinajstić information content (AvgIpc) is 2.48. The van der Waals surface area contributed by atoms with Gasteiger partial charge in [0.15, 0.2) is 0 Å². The molecule has 2 atom stereocenters. The summed E-state index contributed by atoms with van der Waals surface area (Å²) in [7, 11) is 1.72. The van der Waals surface area contributed by atoms with Crippen LogP contribution in [0.2, 0.25) is 0 Å². The third-order valence-electron chi connectivity index (χ3n) is 4.07. The molecule has 4 heteroatoms. The Hall–Kier alpha value is -0.740. The van der Waals surface area contributed by atoms with Gasteiger partial charge >= 0.3 is 0 Å². The Morgan fingerprint density at radius 2 is 2.20 bits per heavy atom. The fourth-order valence-corrected chi connectivity index (χ4v) is 3.38. The van der Waals surface area contributed by atoms with E-state index in [2.05, 4.69) is 52.1 Å². The van der Waals surface area contributed by atoms with Crippen molar-refractivity contribution in [2.24, 2.45) is 0 Å². The number of nitrogens with zero attached hydrogens (tertiary/aromatic N) is 1. The van der Waals surface area contributed by atoms with Crippen LogP contribution in [0.3, 0.4) is 0 Å². The van der Waals surface area contributed by atoms with E-state index in [9.17, 15) is 0 Å². The van der Waals surface area contributed by atoms with E-state index < -0.39 is 0 Å². The van der Waals surface area contributed by atoms with Crippen molar-refractivity contribution in [1.82, 2.24) is 5.32 Å². The van der Waals surface area contributed by atoms with Gasteiger partial charge in [0.1, 0.15) is 5.75 Å². The second-order valence-corrected chi connectivity index (χ2v) is 6.28. The normalized spacial score (nSPS) is 22.9. The van der Waals surface area contributed by atoms with Crippen LogP contribution in [0.15, 0.2) is 22.7 Å². The molecular formula is C16H25BrN2O. The van der Waals surface area contributed by atoms with Gasteiger partial charge in [-0.25, -0.2) is 0 Å². The minimum atomic E-state index is 0.548. The van der Waals surface area contributed by atoms with Crippen LogP contribution in [0.5, 0.6) is 5.75 Å². The molecule has 1 aliphatic rings. The Bertz CT molecular complexity index is 438. The topological polar surface area (TPSA) is 24.5 Å². The Morgan fingerprint density at radius 1 is 1.40 bits per heavy atom. The minimum absolute atomic E-state index is 0.548. The second kappa shape index (κ2) is 7.32. The van der Waals surface area contributed by atoms with Crippen molar-refractivity contribution in [3.63, 3.8) is 0 Å². The highest BCUT2D eigenvalue weighted by atomic mass is 79.9. The molecule has 2 unspecified atom stereocenters. The predicted octanol–water partition coefficient (Wildman–Crippen LogP) is 3.81. The zero-order chi connectivity index (χ0) is 14.5. The monoisotopic (exact) mass is 340 g/mol. The van der Waals surface area contributed by atoms with Crippen molar-refractivity contribution in [3.05, 3.63) is 22.7 Å². The molecule has 2 rings (SSSR count). The van der Waals surface area contributed by atoms with Gasteiger partial charge in [0.25, 0.3) is 0 Å². The van der Waals surface area contributed by atoms with Gasteiger partial charge in [-0.2, -0.15) is 0 Å². The van der Waals surface area contributed by atoms with E-state index in [-0.39, 0.29) is 0 Å². The van der Waals surface area contributed by atoms with Crippen molar-refractivity contribution in [3.8, 4) is 5.75 Å². The lowest BCUT2D eigenvalue weighted by Gasteiger charge is -2.42. The molecule has 1 N–H and O–H groups in total. The first-order valence-corrected chi connectivity index (χ1v) is 8.32. The lowest BCUT2D eigenvalue weighted by molar-refractivity contribution is 0.368. The maximum absolute atomic E-state index is 5.38. The van der Waals surface area contributed by atoms with Crippen LogP contribution in [0.1, 0.15) is 33.1 Å². The van der Waals surface area contributed by atoms with Crippen molar-refractivity contribution < 1.29 is 4.74 Å². The molecule has 1 fully saturated rings. The molecular weight excluding hydrogens is 316 g/mol. The molecule has 0 aliphatic carbocycles. The molecule has 3 nitrogen and oxygen atoms in total. The van der Waals surface area contributed by atoms with Crippen molar-refractivity contribution in [1.29, 1.82) is 0 Å². The average molecular weight is 341 g/mol. The lowest BCUT2D eigenvalue weighted by Crippen LogP contribution is -2.56. The number of nitrogens with one attached hydrogen (secondary N) is 1. The summed E-state index contributed by atoms with van der Waals surface area (Å²) < 4.78 is 6.53. The molecule has 1 aliphatic heterocycles. The van der Waals surface area contributed by atoms with Crippen molar-refractivity contribution in [2.45, 2.75) is 45.2 Å². The molecule has 0 saturated carbocycles. The van der Waals surface area contributed by atoms with Gasteiger partial charge in [-0.1, -0.05) is 20.3 Å². The van der Waals surface area contributed by atoms with E-state index in [1.807, 2.05) is 6.07 Å². The number of ether oxygens (including phenoxy) is 1. The van der Waals surface area contributed by atoms with Gasteiger partial charge in [0.05, 0.1) is 12.8 Å². The Balaban J connectivity index is 2.25. The number of methoxy groups -OCH3 is 1. The highest BCUT2D eigenvalue weighted by molar-refractivity contribution is 9.10. The fraction of sp³-hybridized carbons (Fsp3) is 0.625. The number of halogens is 1. The smallest absolute Gasteiger partial charge is 0.121 e. The van der Waals surface area contributed by atoms with Crippen LogP contribution < -0.4 is 15.0 Å². The van der Waals surface area contributed by atoms with E-state index in [0.29, 0.717) is 12.1 Å². The number of anilines is 1. The first kappa shape index (κ1) is 15.6. The summed E-state index contributed by atoms with van der Waals surface area (Å²) in [5, 5.41) is 3.68. The Morgan fingerprint density at radius 3 is 2.85 bits per heavy atom. The molecule has 1 saturated heterocycles. The predicted molar refractivity (Wildman–Crippen MR) is 88.8 cm³/mol.